The van der Waals surface area contributed by atoms with Gasteiger partial charge in [-0.3, -0.25) is 9.69 Å². The van der Waals surface area contributed by atoms with Crippen LogP contribution >= 0.6 is 0 Å². The Hall–Kier alpha value is -2.17. The number of ether oxygens (including phenoxy) is 2. The smallest absolute Gasteiger partial charge is 0.320 e. The lowest BCUT2D eigenvalue weighted by Gasteiger charge is -2.38. The van der Waals surface area contributed by atoms with E-state index in [9.17, 15) is 10.1 Å². The van der Waals surface area contributed by atoms with Crippen LogP contribution in [-0.4, -0.2) is 60.8 Å². The first-order valence-electron chi connectivity index (χ1n) is 11.1. The molecule has 1 fully saturated rings. The average molecular weight is 415 g/mol. The van der Waals surface area contributed by atoms with E-state index >= 15 is 0 Å². The van der Waals surface area contributed by atoms with Crippen molar-refractivity contribution in [1.82, 2.24) is 9.88 Å². The lowest BCUT2D eigenvalue weighted by Crippen LogP contribution is -2.49. The fourth-order valence-corrected chi connectivity index (χ4v) is 4.23. The summed E-state index contributed by atoms with van der Waals surface area (Å²) in [6.07, 6.45) is 3.80. The van der Waals surface area contributed by atoms with Crippen LogP contribution < -0.4 is 4.90 Å². The topological polar surface area (TPSA) is 78.7 Å². The van der Waals surface area contributed by atoms with Crippen molar-refractivity contribution in [2.45, 2.75) is 65.6 Å². The molecule has 30 heavy (non-hydrogen) atoms. The Morgan fingerprint density at radius 2 is 1.97 bits per heavy atom. The minimum atomic E-state index is -0.280. The quantitative estimate of drug-likeness (QED) is 0.635. The number of esters is 1. The van der Waals surface area contributed by atoms with Gasteiger partial charge in [0.2, 0.25) is 0 Å². The second-order valence-electron chi connectivity index (χ2n) is 8.72. The molecule has 1 aromatic rings. The zero-order chi connectivity index (χ0) is 21.7. The van der Waals surface area contributed by atoms with Gasteiger partial charge in [0, 0.05) is 43.9 Å². The van der Waals surface area contributed by atoms with Crippen molar-refractivity contribution in [2.24, 2.45) is 0 Å². The van der Waals surface area contributed by atoms with Crippen LogP contribution in [0, 0.1) is 11.3 Å². The molecular weight excluding hydrogens is 380 g/mol. The van der Waals surface area contributed by atoms with Crippen molar-refractivity contribution in [3.05, 3.63) is 22.4 Å². The molecule has 0 spiro atoms. The molecule has 0 bridgehead atoms. The van der Waals surface area contributed by atoms with Gasteiger partial charge < -0.3 is 14.4 Å². The highest BCUT2D eigenvalue weighted by Gasteiger charge is 2.33. The fraction of sp³-hybridized carbons (Fsp3) is 0.696. The van der Waals surface area contributed by atoms with Crippen molar-refractivity contribution >= 4 is 11.8 Å². The number of piperazine rings is 1. The second kappa shape index (κ2) is 9.76. The van der Waals surface area contributed by atoms with E-state index in [1.807, 2.05) is 6.92 Å². The third-order valence-electron chi connectivity index (χ3n) is 5.90. The average Bonchev–Trinajstić information content (AvgIpc) is 2.71. The van der Waals surface area contributed by atoms with Gasteiger partial charge in [0.25, 0.3) is 0 Å². The number of nitrogens with zero attached hydrogens (tertiary/aromatic N) is 4. The van der Waals surface area contributed by atoms with Gasteiger partial charge in [-0.25, -0.2) is 4.98 Å². The zero-order valence-corrected chi connectivity index (χ0v) is 18.8. The SMILES string of the molecule is CCCCc1nc(N2CCN(CC(=O)OCC)CC2)c(C#N)c2c1COC(C)(C)C2. The van der Waals surface area contributed by atoms with Gasteiger partial charge in [-0.2, -0.15) is 5.26 Å². The number of anilines is 1. The van der Waals surface area contributed by atoms with Crippen molar-refractivity contribution in [3.8, 4) is 6.07 Å². The molecule has 0 atom stereocenters. The number of aryl methyl sites for hydroxylation is 1. The molecule has 2 aliphatic heterocycles. The van der Waals surface area contributed by atoms with E-state index in [1.54, 1.807) is 0 Å². The zero-order valence-electron chi connectivity index (χ0n) is 18.8. The van der Waals surface area contributed by atoms with Crippen LogP contribution in [0.4, 0.5) is 5.82 Å². The van der Waals surface area contributed by atoms with Gasteiger partial charge in [0.15, 0.2) is 0 Å². The number of pyridine rings is 1. The Bertz CT molecular complexity index is 808. The molecule has 0 aliphatic carbocycles. The highest BCUT2D eigenvalue weighted by molar-refractivity contribution is 5.71. The Balaban J connectivity index is 1.86. The van der Waals surface area contributed by atoms with E-state index in [-0.39, 0.29) is 11.6 Å². The molecule has 0 amide bonds. The summed E-state index contributed by atoms with van der Waals surface area (Å²) in [7, 11) is 0. The first kappa shape index (κ1) is 22.5. The van der Waals surface area contributed by atoms with Crippen LogP contribution in [0.2, 0.25) is 0 Å². The lowest BCUT2D eigenvalue weighted by molar-refractivity contribution is -0.144. The van der Waals surface area contributed by atoms with Crippen LogP contribution in [0.5, 0.6) is 0 Å². The number of aromatic nitrogens is 1. The Morgan fingerprint density at radius 3 is 2.60 bits per heavy atom. The third-order valence-corrected chi connectivity index (χ3v) is 5.90. The van der Waals surface area contributed by atoms with Crippen LogP contribution in [0.25, 0.3) is 0 Å². The number of nitriles is 1. The van der Waals surface area contributed by atoms with E-state index in [0.717, 1.165) is 74.5 Å². The van der Waals surface area contributed by atoms with Gasteiger partial charge in [0.05, 0.1) is 30.9 Å². The van der Waals surface area contributed by atoms with Crippen LogP contribution in [0.15, 0.2) is 0 Å². The number of carbonyl (C=O) groups is 1. The summed E-state index contributed by atoms with van der Waals surface area (Å²) in [6, 6.07) is 2.45. The van der Waals surface area contributed by atoms with Gasteiger partial charge >= 0.3 is 5.97 Å². The van der Waals surface area contributed by atoms with Crippen molar-refractivity contribution in [3.63, 3.8) is 0 Å². The minimum Gasteiger partial charge on any atom is -0.465 e. The highest BCUT2D eigenvalue weighted by Crippen LogP contribution is 2.36. The maximum atomic E-state index is 11.8. The molecule has 0 radical (unpaired) electrons. The summed E-state index contributed by atoms with van der Waals surface area (Å²) >= 11 is 0. The molecule has 7 heteroatoms. The van der Waals surface area contributed by atoms with E-state index in [0.29, 0.717) is 25.3 Å². The minimum absolute atomic E-state index is 0.181. The number of hydrogen-bond donors (Lipinski definition) is 0. The van der Waals surface area contributed by atoms with E-state index in [4.69, 9.17) is 14.5 Å². The number of carbonyl (C=O) groups excluding carboxylic acids is 1. The first-order chi connectivity index (χ1) is 14.4. The largest absolute Gasteiger partial charge is 0.465 e. The lowest BCUT2D eigenvalue weighted by atomic mass is 9.87. The summed E-state index contributed by atoms with van der Waals surface area (Å²) in [5.41, 5.74) is 3.71. The molecule has 3 heterocycles. The Morgan fingerprint density at radius 1 is 1.23 bits per heavy atom. The molecule has 1 saturated heterocycles. The molecule has 0 N–H and O–H groups in total. The Labute approximate surface area is 180 Å². The number of fused-ring (bicyclic) bond motifs is 1. The summed E-state index contributed by atoms with van der Waals surface area (Å²) in [6.45, 7) is 12.4. The summed E-state index contributed by atoms with van der Waals surface area (Å²) in [5, 5.41) is 10.0. The van der Waals surface area contributed by atoms with Gasteiger partial charge in [-0.1, -0.05) is 13.3 Å². The molecule has 0 unspecified atom stereocenters. The predicted molar refractivity (Wildman–Crippen MR) is 115 cm³/mol. The van der Waals surface area contributed by atoms with Crippen molar-refractivity contribution in [2.75, 3.05) is 44.2 Å². The molecule has 7 nitrogen and oxygen atoms in total. The van der Waals surface area contributed by atoms with Crippen molar-refractivity contribution in [1.29, 1.82) is 5.26 Å². The molecule has 164 valence electrons. The monoisotopic (exact) mass is 414 g/mol. The summed E-state index contributed by atoms with van der Waals surface area (Å²) in [5.74, 6) is 0.621. The molecule has 0 aromatic carbocycles. The summed E-state index contributed by atoms with van der Waals surface area (Å²) in [4.78, 5) is 21.1. The molecular formula is C23H34N4O3. The number of unbranched alkanes of at least 4 members (excludes halogenated alkanes) is 1. The molecule has 0 saturated carbocycles. The maximum absolute atomic E-state index is 11.8. The van der Waals surface area contributed by atoms with Gasteiger partial charge in [0.1, 0.15) is 11.9 Å². The Kier molecular flexibility index (Phi) is 7.32. The second-order valence-corrected chi connectivity index (χ2v) is 8.72. The van der Waals surface area contributed by atoms with E-state index in [2.05, 4.69) is 36.6 Å². The van der Waals surface area contributed by atoms with Crippen LogP contribution in [-0.2, 0) is 33.7 Å². The van der Waals surface area contributed by atoms with Gasteiger partial charge in [-0.05, 0) is 39.2 Å². The van der Waals surface area contributed by atoms with E-state index < -0.39 is 0 Å². The molecule has 2 aliphatic rings. The summed E-state index contributed by atoms with van der Waals surface area (Å²) < 4.78 is 11.1. The van der Waals surface area contributed by atoms with E-state index in [1.165, 1.54) is 0 Å². The van der Waals surface area contributed by atoms with Crippen molar-refractivity contribution < 1.29 is 14.3 Å². The fourth-order valence-electron chi connectivity index (χ4n) is 4.23. The van der Waals surface area contributed by atoms with Gasteiger partial charge in [-0.15, -0.1) is 0 Å². The first-order valence-corrected chi connectivity index (χ1v) is 11.1. The number of rotatable bonds is 7. The number of hydrogen-bond acceptors (Lipinski definition) is 7. The normalized spacial score (nSPS) is 18.6. The standard InChI is InChI=1S/C23H34N4O3/c1-5-7-8-20-19-16-30-23(3,4)13-17(19)18(14-24)22(25-20)27-11-9-26(10-12-27)15-21(28)29-6-2/h5-13,15-16H2,1-4H3. The predicted octanol–water partition coefficient (Wildman–Crippen LogP) is 2.83. The highest BCUT2D eigenvalue weighted by atomic mass is 16.5. The molecule has 1 aromatic heterocycles. The maximum Gasteiger partial charge on any atom is 0.320 e. The molecule has 3 rings (SSSR count). The third kappa shape index (κ3) is 5.11. The van der Waals surface area contributed by atoms with Crippen LogP contribution in [0.3, 0.4) is 0 Å². The van der Waals surface area contributed by atoms with Crippen LogP contribution in [0.1, 0.15) is 62.9 Å².